The largest absolute Gasteiger partial charge is 0.481 e. The summed E-state index contributed by atoms with van der Waals surface area (Å²) < 4.78 is 1.31. The zero-order valence-corrected chi connectivity index (χ0v) is 12.1. The van der Waals surface area contributed by atoms with Crippen molar-refractivity contribution in [2.24, 2.45) is 0 Å². The standard InChI is InChI=1S/C10H17N5O3S/c1-6(8(18)11-10(2,3)4)15-9(12-13-14-15)19-5-7(16)17/h6H,5H2,1-4H3,(H,11,18)(H,16,17). The first-order valence-corrected chi connectivity index (χ1v) is 6.64. The van der Waals surface area contributed by atoms with E-state index < -0.39 is 12.0 Å². The van der Waals surface area contributed by atoms with Crippen LogP contribution in [-0.4, -0.2) is 48.5 Å². The smallest absolute Gasteiger partial charge is 0.313 e. The van der Waals surface area contributed by atoms with Crippen LogP contribution in [0.4, 0.5) is 0 Å². The van der Waals surface area contributed by atoms with E-state index in [0.717, 1.165) is 11.8 Å². The predicted octanol–water partition coefficient (Wildman–Crippen LogP) is 0.325. The van der Waals surface area contributed by atoms with Gasteiger partial charge in [0.25, 0.3) is 0 Å². The topological polar surface area (TPSA) is 110 Å². The Bertz CT molecular complexity index is 468. The number of tetrazole rings is 1. The van der Waals surface area contributed by atoms with Crippen LogP contribution in [0, 0.1) is 0 Å². The maximum absolute atomic E-state index is 12.0. The monoisotopic (exact) mass is 287 g/mol. The van der Waals surface area contributed by atoms with Crippen LogP contribution >= 0.6 is 11.8 Å². The van der Waals surface area contributed by atoms with E-state index in [2.05, 4.69) is 20.8 Å². The molecule has 0 aliphatic carbocycles. The number of carbonyl (C=O) groups is 2. The van der Waals surface area contributed by atoms with E-state index in [4.69, 9.17) is 5.11 Å². The van der Waals surface area contributed by atoms with Crippen molar-refractivity contribution in [1.29, 1.82) is 0 Å². The van der Waals surface area contributed by atoms with Gasteiger partial charge in [0, 0.05) is 5.54 Å². The van der Waals surface area contributed by atoms with Crippen LogP contribution in [0.15, 0.2) is 5.16 Å². The summed E-state index contributed by atoms with van der Waals surface area (Å²) >= 11 is 0.973. The third-order valence-electron chi connectivity index (χ3n) is 2.03. The molecule has 0 saturated carbocycles. The third kappa shape index (κ3) is 4.86. The molecule has 1 rings (SSSR count). The van der Waals surface area contributed by atoms with Crippen LogP contribution < -0.4 is 5.32 Å². The molecule has 0 saturated heterocycles. The Morgan fingerprint density at radius 3 is 2.63 bits per heavy atom. The number of hydrogen-bond acceptors (Lipinski definition) is 6. The quantitative estimate of drug-likeness (QED) is 0.750. The van der Waals surface area contributed by atoms with E-state index in [1.165, 1.54) is 4.68 Å². The molecule has 0 fully saturated rings. The molecule has 1 amide bonds. The molecule has 1 unspecified atom stereocenters. The van der Waals surface area contributed by atoms with Crippen molar-refractivity contribution in [2.75, 3.05) is 5.75 Å². The number of hydrogen-bond donors (Lipinski definition) is 2. The van der Waals surface area contributed by atoms with E-state index in [0.29, 0.717) is 5.16 Å². The highest BCUT2D eigenvalue weighted by Gasteiger charge is 2.24. The zero-order valence-electron chi connectivity index (χ0n) is 11.2. The highest BCUT2D eigenvalue weighted by Crippen LogP contribution is 2.18. The van der Waals surface area contributed by atoms with E-state index >= 15 is 0 Å². The Balaban J connectivity index is 2.77. The van der Waals surface area contributed by atoms with Gasteiger partial charge in [-0.25, -0.2) is 4.68 Å². The van der Waals surface area contributed by atoms with Crippen molar-refractivity contribution in [3.63, 3.8) is 0 Å². The minimum absolute atomic E-state index is 0.159. The van der Waals surface area contributed by atoms with E-state index in [1.54, 1.807) is 6.92 Å². The van der Waals surface area contributed by atoms with Crippen LogP contribution in [0.2, 0.25) is 0 Å². The molecular weight excluding hydrogens is 270 g/mol. The van der Waals surface area contributed by atoms with E-state index in [9.17, 15) is 9.59 Å². The van der Waals surface area contributed by atoms with Crippen LogP contribution in [-0.2, 0) is 9.59 Å². The zero-order chi connectivity index (χ0) is 14.6. The van der Waals surface area contributed by atoms with Crippen molar-refractivity contribution in [2.45, 2.75) is 44.4 Å². The summed E-state index contributed by atoms with van der Waals surface area (Å²) in [6.07, 6.45) is 0. The van der Waals surface area contributed by atoms with Gasteiger partial charge in [-0.05, 0) is 38.1 Å². The number of nitrogens with one attached hydrogen (secondary N) is 1. The Labute approximate surface area is 114 Å². The first-order valence-electron chi connectivity index (χ1n) is 5.65. The van der Waals surface area contributed by atoms with Gasteiger partial charge in [-0.1, -0.05) is 11.8 Å². The second-order valence-corrected chi connectivity index (χ2v) is 5.95. The average molecular weight is 287 g/mol. The van der Waals surface area contributed by atoms with E-state index in [1.807, 2.05) is 20.8 Å². The van der Waals surface area contributed by atoms with Gasteiger partial charge in [-0.15, -0.1) is 5.10 Å². The molecule has 0 spiro atoms. The first-order chi connectivity index (χ1) is 8.70. The summed E-state index contributed by atoms with van der Waals surface area (Å²) in [5, 5.41) is 22.7. The first kappa shape index (κ1) is 15.4. The van der Waals surface area contributed by atoms with Crippen LogP contribution in [0.5, 0.6) is 0 Å². The molecule has 1 aromatic rings. The fourth-order valence-electron chi connectivity index (χ4n) is 1.23. The second kappa shape index (κ2) is 6.00. The Morgan fingerprint density at radius 2 is 2.11 bits per heavy atom. The summed E-state index contributed by atoms with van der Waals surface area (Å²) in [4.78, 5) is 22.5. The van der Waals surface area contributed by atoms with Crippen molar-refractivity contribution in [3.05, 3.63) is 0 Å². The highest BCUT2D eigenvalue weighted by atomic mass is 32.2. The number of carbonyl (C=O) groups excluding carboxylic acids is 1. The fourth-order valence-corrected chi connectivity index (χ4v) is 1.91. The molecule has 8 nitrogen and oxygen atoms in total. The van der Waals surface area contributed by atoms with Crippen LogP contribution in [0.25, 0.3) is 0 Å². The minimum atomic E-state index is -0.966. The molecule has 1 heterocycles. The third-order valence-corrected chi connectivity index (χ3v) is 2.95. The van der Waals surface area contributed by atoms with Crippen LogP contribution in [0.1, 0.15) is 33.7 Å². The van der Waals surface area contributed by atoms with Gasteiger partial charge in [0.1, 0.15) is 6.04 Å². The average Bonchev–Trinajstić information content (AvgIpc) is 2.70. The lowest BCUT2D eigenvalue weighted by molar-refractivity contribution is -0.134. The molecule has 1 aromatic heterocycles. The molecule has 1 atom stereocenters. The molecule has 106 valence electrons. The SMILES string of the molecule is CC(C(=O)NC(C)(C)C)n1nnnc1SCC(=O)O. The lowest BCUT2D eigenvalue weighted by Gasteiger charge is -2.23. The highest BCUT2D eigenvalue weighted by molar-refractivity contribution is 7.99. The second-order valence-electron chi connectivity index (χ2n) is 5.00. The van der Waals surface area contributed by atoms with Gasteiger partial charge in [-0.3, -0.25) is 9.59 Å². The number of carboxylic acid groups (broad SMARTS) is 1. The molecule has 0 bridgehead atoms. The number of aliphatic carboxylic acids is 1. The van der Waals surface area contributed by atoms with Gasteiger partial charge < -0.3 is 10.4 Å². The summed E-state index contributed by atoms with van der Waals surface area (Å²) in [7, 11) is 0. The predicted molar refractivity (Wildman–Crippen MR) is 68.8 cm³/mol. The molecule has 9 heteroatoms. The molecule has 0 aromatic carbocycles. The summed E-state index contributed by atoms with van der Waals surface area (Å²) in [6, 6.07) is -0.606. The van der Waals surface area contributed by atoms with Gasteiger partial charge in [0.05, 0.1) is 5.75 Å². The Hall–Kier alpha value is -1.64. The van der Waals surface area contributed by atoms with Crippen molar-refractivity contribution >= 4 is 23.6 Å². The van der Waals surface area contributed by atoms with Gasteiger partial charge in [0.2, 0.25) is 11.1 Å². The maximum atomic E-state index is 12.0. The van der Waals surface area contributed by atoms with Crippen molar-refractivity contribution in [1.82, 2.24) is 25.5 Å². The molecule has 0 radical (unpaired) electrons. The van der Waals surface area contributed by atoms with Crippen molar-refractivity contribution in [3.8, 4) is 0 Å². The summed E-state index contributed by atoms with van der Waals surface area (Å²) in [5.41, 5.74) is -0.353. The Kier molecular flexibility index (Phi) is 4.87. The minimum Gasteiger partial charge on any atom is -0.481 e. The van der Waals surface area contributed by atoms with Gasteiger partial charge in [0.15, 0.2) is 0 Å². The fraction of sp³-hybridized carbons (Fsp3) is 0.700. The van der Waals surface area contributed by atoms with E-state index in [-0.39, 0.29) is 17.2 Å². The lowest BCUT2D eigenvalue weighted by atomic mass is 10.1. The Morgan fingerprint density at radius 1 is 1.47 bits per heavy atom. The summed E-state index contributed by atoms with van der Waals surface area (Å²) in [5.74, 6) is -1.35. The molecule has 2 N–H and O–H groups in total. The van der Waals surface area contributed by atoms with Gasteiger partial charge >= 0.3 is 5.97 Å². The molecule has 0 aliphatic heterocycles. The van der Waals surface area contributed by atoms with Crippen molar-refractivity contribution < 1.29 is 14.7 Å². The van der Waals surface area contributed by atoms with Crippen LogP contribution in [0.3, 0.4) is 0 Å². The lowest BCUT2D eigenvalue weighted by Crippen LogP contribution is -2.44. The number of nitrogens with zero attached hydrogens (tertiary/aromatic N) is 4. The van der Waals surface area contributed by atoms with Gasteiger partial charge in [-0.2, -0.15) is 0 Å². The molecular formula is C10H17N5O3S. The number of thioether (sulfide) groups is 1. The number of aromatic nitrogens is 4. The number of amides is 1. The maximum Gasteiger partial charge on any atom is 0.313 e. The summed E-state index contributed by atoms with van der Waals surface area (Å²) in [6.45, 7) is 7.27. The number of rotatable bonds is 5. The molecule has 19 heavy (non-hydrogen) atoms. The normalized spacial score (nSPS) is 13.1. The number of carboxylic acids is 1. The molecule has 0 aliphatic rings.